The fraction of sp³-hybridized carbons (Fsp3) is 0.474. The third-order valence-electron chi connectivity index (χ3n) is 4.76. The molecule has 1 aliphatic rings. The van der Waals surface area contributed by atoms with E-state index in [0.717, 1.165) is 31.0 Å². The first kappa shape index (κ1) is 20.4. The van der Waals surface area contributed by atoms with E-state index in [1.807, 2.05) is 0 Å². The quantitative estimate of drug-likeness (QED) is 0.596. The van der Waals surface area contributed by atoms with Gasteiger partial charge in [0.05, 0.1) is 16.8 Å². The summed E-state index contributed by atoms with van der Waals surface area (Å²) in [6, 6.07) is 8.59. The van der Waals surface area contributed by atoms with Gasteiger partial charge in [-0.25, -0.2) is 9.97 Å². The van der Waals surface area contributed by atoms with Gasteiger partial charge in [-0.05, 0) is 25.8 Å². The molecule has 5 nitrogen and oxygen atoms in total. The fourth-order valence-corrected chi connectivity index (χ4v) is 4.18. The lowest BCUT2D eigenvalue weighted by Gasteiger charge is -2.32. The molecular formula is C19H19F3N4OS. The lowest BCUT2D eigenvalue weighted by Crippen LogP contribution is -2.50. The summed E-state index contributed by atoms with van der Waals surface area (Å²) in [5.41, 5.74) is -0.727. The van der Waals surface area contributed by atoms with E-state index < -0.39 is 22.8 Å². The Morgan fingerprint density at radius 3 is 2.57 bits per heavy atom. The van der Waals surface area contributed by atoms with Gasteiger partial charge in [-0.15, -0.1) is 0 Å². The van der Waals surface area contributed by atoms with Crippen molar-refractivity contribution in [2.75, 3.05) is 0 Å². The number of nitriles is 1. The van der Waals surface area contributed by atoms with Crippen LogP contribution in [0.25, 0.3) is 10.9 Å². The lowest BCUT2D eigenvalue weighted by atomic mass is 9.83. The molecule has 1 amide bonds. The second-order valence-electron chi connectivity index (χ2n) is 6.87. The second kappa shape index (κ2) is 7.95. The van der Waals surface area contributed by atoms with Crippen LogP contribution >= 0.6 is 11.8 Å². The molecule has 0 bridgehead atoms. The first-order chi connectivity index (χ1) is 13.2. The summed E-state index contributed by atoms with van der Waals surface area (Å²) in [5.74, 6) is -1.62. The Hall–Kier alpha value is -2.34. The third kappa shape index (κ3) is 4.38. The number of thioether (sulfide) groups is 1. The number of aromatic nitrogens is 2. The molecule has 1 N–H and O–H groups in total. The summed E-state index contributed by atoms with van der Waals surface area (Å²) < 4.78 is 39.4. The number of benzene rings is 1. The van der Waals surface area contributed by atoms with Crippen molar-refractivity contribution in [2.45, 2.75) is 61.0 Å². The number of hydrogen-bond donors (Lipinski definition) is 1. The Morgan fingerprint density at radius 2 is 1.93 bits per heavy atom. The predicted octanol–water partition coefficient (Wildman–Crippen LogP) is 4.47. The van der Waals surface area contributed by atoms with Crippen molar-refractivity contribution in [3.63, 3.8) is 0 Å². The van der Waals surface area contributed by atoms with E-state index in [2.05, 4.69) is 21.4 Å². The topological polar surface area (TPSA) is 78.7 Å². The van der Waals surface area contributed by atoms with Crippen LogP contribution in [-0.2, 0) is 11.0 Å². The van der Waals surface area contributed by atoms with Crippen LogP contribution in [0.15, 0.2) is 29.3 Å². The number of rotatable bonds is 4. The smallest absolute Gasteiger partial charge is 0.337 e. The van der Waals surface area contributed by atoms with E-state index in [1.165, 1.54) is 6.07 Å². The number of carbonyl (C=O) groups excluding carboxylic acids is 1. The molecule has 9 heteroatoms. The van der Waals surface area contributed by atoms with Gasteiger partial charge in [0.2, 0.25) is 11.7 Å². The van der Waals surface area contributed by atoms with Crippen LogP contribution in [0.5, 0.6) is 0 Å². The minimum atomic E-state index is -4.68. The predicted molar refractivity (Wildman–Crippen MR) is 99.4 cm³/mol. The van der Waals surface area contributed by atoms with Crippen LogP contribution in [0.1, 0.15) is 44.9 Å². The highest BCUT2D eigenvalue weighted by Gasteiger charge is 2.37. The number of fused-ring (bicyclic) bond motifs is 1. The van der Waals surface area contributed by atoms with E-state index in [1.54, 1.807) is 25.1 Å². The van der Waals surface area contributed by atoms with Gasteiger partial charge >= 0.3 is 6.18 Å². The molecule has 148 valence electrons. The Balaban J connectivity index is 1.85. The molecule has 1 heterocycles. The number of halogens is 3. The maximum absolute atomic E-state index is 13.1. The maximum atomic E-state index is 13.1. The van der Waals surface area contributed by atoms with Gasteiger partial charge in [0, 0.05) is 5.39 Å². The average Bonchev–Trinajstić information content (AvgIpc) is 2.67. The van der Waals surface area contributed by atoms with Gasteiger partial charge in [0.1, 0.15) is 10.6 Å². The number of hydrogen-bond acceptors (Lipinski definition) is 5. The molecule has 0 aliphatic heterocycles. The Morgan fingerprint density at radius 1 is 1.25 bits per heavy atom. The number of nitrogens with zero attached hydrogens (tertiary/aromatic N) is 3. The molecule has 0 unspecified atom stereocenters. The molecule has 0 radical (unpaired) electrons. The zero-order chi connectivity index (χ0) is 20.4. The monoisotopic (exact) mass is 408 g/mol. The molecule has 1 saturated carbocycles. The molecule has 1 fully saturated rings. The summed E-state index contributed by atoms with van der Waals surface area (Å²) >= 11 is 0.937. The Kier molecular flexibility index (Phi) is 5.79. The van der Waals surface area contributed by atoms with Crippen molar-refractivity contribution in [1.29, 1.82) is 5.26 Å². The van der Waals surface area contributed by atoms with Gasteiger partial charge in [0.25, 0.3) is 0 Å². The van der Waals surface area contributed by atoms with Crippen LogP contribution in [0.3, 0.4) is 0 Å². The van der Waals surface area contributed by atoms with Gasteiger partial charge in [0.15, 0.2) is 0 Å². The van der Waals surface area contributed by atoms with Crippen molar-refractivity contribution in [3.8, 4) is 6.07 Å². The van der Waals surface area contributed by atoms with Crippen molar-refractivity contribution in [1.82, 2.24) is 15.3 Å². The molecule has 1 aromatic heterocycles. The number of nitrogens with one attached hydrogen (secondary N) is 1. The highest BCUT2D eigenvalue weighted by Crippen LogP contribution is 2.34. The van der Waals surface area contributed by atoms with Crippen molar-refractivity contribution < 1.29 is 18.0 Å². The highest BCUT2D eigenvalue weighted by atomic mass is 32.2. The Bertz CT molecular complexity index is 920. The van der Waals surface area contributed by atoms with Crippen molar-refractivity contribution >= 4 is 28.6 Å². The molecule has 3 rings (SSSR count). The van der Waals surface area contributed by atoms with Gasteiger partial charge in [-0.1, -0.05) is 49.2 Å². The number of alkyl halides is 3. The van der Waals surface area contributed by atoms with Crippen LogP contribution in [0.2, 0.25) is 0 Å². The SMILES string of the molecule is C[C@H](Sc1nc(C(F)(F)F)nc2ccccc12)C(=O)NC1(C#N)CCCCC1. The summed E-state index contributed by atoms with van der Waals surface area (Å²) in [4.78, 5) is 19.9. The second-order valence-corrected chi connectivity index (χ2v) is 8.20. The lowest BCUT2D eigenvalue weighted by molar-refractivity contribution is -0.145. The minimum absolute atomic E-state index is 0.0928. The van der Waals surface area contributed by atoms with Gasteiger partial charge in [-0.2, -0.15) is 18.4 Å². The fourth-order valence-electron chi connectivity index (χ4n) is 3.24. The van der Waals surface area contributed by atoms with E-state index in [-0.39, 0.29) is 16.4 Å². The zero-order valence-corrected chi connectivity index (χ0v) is 16.0. The molecule has 1 aromatic carbocycles. The summed E-state index contributed by atoms with van der Waals surface area (Å²) in [6.07, 6.45) is -0.765. The normalized spacial score (nSPS) is 17.7. The molecule has 1 aliphatic carbocycles. The summed E-state index contributed by atoms with van der Waals surface area (Å²) in [7, 11) is 0. The van der Waals surface area contributed by atoms with E-state index in [0.29, 0.717) is 18.2 Å². The van der Waals surface area contributed by atoms with Crippen molar-refractivity contribution in [3.05, 3.63) is 30.1 Å². The van der Waals surface area contributed by atoms with E-state index in [4.69, 9.17) is 0 Å². The molecule has 0 spiro atoms. The molecule has 28 heavy (non-hydrogen) atoms. The molecular weight excluding hydrogens is 389 g/mol. The summed E-state index contributed by atoms with van der Waals surface area (Å²) in [5, 5.41) is 12.1. The van der Waals surface area contributed by atoms with Crippen LogP contribution in [-0.4, -0.2) is 26.7 Å². The van der Waals surface area contributed by atoms with Crippen LogP contribution < -0.4 is 5.32 Å². The average molecular weight is 408 g/mol. The van der Waals surface area contributed by atoms with Crippen LogP contribution in [0, 0.1) is 11.3 Å². The highest BCUT2D eigenvalue weighted by molar-refractivity contribution is 8.00. The molecule has 1 atom stereocenters. The van der Waals surface area contributed by atoms with E-state index >= 15 is 0 Å². The maximum Gasteiger partial charge on any atom is 0.451 e. The third-order valence-corrected chi connectivity index (χ3v) is 5.87. The molecule has 2 aromatic rings. The van der Waals surface area contributed by atoms with Crippen LogP contribution in [0.4, 0.5) is 13.2 Å². The van der Waals surface area contributed by atoms with Gasteiger partial charge in [-0.3, -0.25) is 4.79 Å². The van der Waals surface area contributed by atoms with E-state index in [9.17, 15) is 23.2 Å². The Labute approximate surface area is 164 Å². The number of carbonyl (C=O) groups is 1. The van der Waals surface area contributed by atoms with Gasteiger partial charge < -0.3 is 5.32 Å². The number of para-hydroxylation sites is 1. The minimum Gasteiger partial charge on any atom is -0.337 e. The largest absolute Gasteiger partial charge is 0.451 e. The summed E-state index contributed by atoms with van der Waals surface area (Å²) in [6.45, 7) is 1.60. The first-order valence-corrected chi connectivity index (χ1v) is 9.86. The van der Waals surface area contributed by atoms with Crippen molar-refractivity contribution in [2.24, 2.45) is 0 Å². The molecule has 0 saturated heterocycles. The number of amides is 1. The standard InChI is InChI=1S/C19H19F3N4OS/c1-12(15(27)26-18(11-23)9-5-2-6-10-18)28-16-13-7-3-4-8-14(13)24-17(25-16)19(20,21)22/h3-4,7-8,12H,2,5-6,9-10H2,1H3,(H,26,27)/t12-/m0/s1. The first-order valence-electron chi connectivity index (χ1n) is 8.98. The zero-order valence-electron chi connectivity index (χ0n) is 15.2.